The van der Waals surface area contributed by atoms with Crippen molar-refractivity contribution in [3.63, 3.8) is 0 Å². The Morgan fingerprint density at radius 3 is 1.20 bits per heavy atom. The van der Waals surface area contributed by atoms with Gasteiger partial charge in [0.15, 0.2) is 0 Å². The van der Waals surface area contributed by atoms with Crippen molar-refractivity contribution < 1.29 is 0 Å². The Kier molecular flexibility index (Phi) is 3.25. The first-order chi connectivity index (χ1) is 2.00. The predicted molar refractivity (Wildman–Crippen MR) is 45.5 cm³/mol. The number of halogens is 2. The van der Waals surface area contributed by atoms with Gasteiger partial charge in [-0.1, -0.05) is 0 Å². The van der Waals surface area contributed by atoms with Crippen LogP contribution in [0.15, 0.2) is 0 Å². The summed E-state index contributed by atoms with van der Waals surface area (Å²) in [6, 6.07) is 0. The minimum absolute atomic E-state index is 0.810. The first kappa shape index (κ1) is 6.98. The van der Waals surface area contributed by atoms with Gasteiger partial charge in [-0.15, -0.1) is 0 Å². The van der Waals surface area contributed by atoms with Gasteiger partial charge in [0, 0.05) is 0 Å². The summed E-state index contributed by atoms with van der Waals surface area (Å²) in [4.78, 5) is 0. The van der Waals surface area contributed by atoms with Gasteiger partial charge in [-0.05, 0) is 0 Å². The van der Waals surface area contributed by atoms with E-state index in [-0.39, 0.29) is 0 Å². The van der Waals surface area contributed by atoms with Crippen LogP contribution in [0.2, 0.25) is 11.6 Å². The molecule has 0 aliphatic heterocycles. The summed E-state index contributed by atoms with van der Waals surface area (Å²) in [5.41, 5.74) is 0. The van der Waals surface area contributed by atoms with E-state index in [0.717, 1.165) is 0 Å². The molecule has 0 unspecified atom stereocenters. The van der Waals surface area contributed by atoms with Crippen molar-refractivity contribution in [1.82, 2.24) is 0 Å². The Labute approximate surface area is 57.8 Å². The van der Waals surface area contributed by atoms with Gasteiger partial charge in [0.1, 0.15) is 0 Å². The van der Waals surface area contributed by atoms with Crippen molar-refractivity contribution in [2.24, 2.45) is 0 Å². The molecule has 0 aromatic rings. The van der Waals surface area contributed by atoms with Gasteiger partial charge < -0.3 is 0 Å². The molecule has 0 saturated heterocycles. The normalized spacial score (nSPS) is 15.2. The topological polar surface area (TPSA) is 0 Å². The summed E-state index contributed by atoms with van der Waals surface area (Å²) in [5.74, 6) is 4.63. The molecule has 34 valence electrons. The first-order valence-electron chi connectivity index (χ1n) is 1.13. The van der Waals surface area contributed by atoms with Crippen LogP contribution < -0.4 is 0 Å². The van der Waals surface area contributed by atoms with Crippen LogP contribution >= 0.6 is 40.7 Å². The molecule has 0 fully saturated rings. The third-order valence-corrected chi connectivity index (χ3v) is 0. The SMILES string of the molecule is C[Se](C)(I)I. The van der Waals surface area contributed by atoms with E-state index in [1.165, 1.54) is 0 Å². The van der Waals surface area contributed by atoms with Crippen LogP contribution in [0.5, 0.6) is 0 Å². The van der Waals surface area contributed by atoms with Gasteiger partial charge in [0.2, 0.25) is 0 Å². The van der Waals surface area contributed by atoms with Crippen molar-refractivity contribution in [3.8, 4) is 0 Å². The van der Waals surface area contributed by atoms with Crippen LogP contribution in [-0.2, 0) is 0 Å². The summed E-state index contributed by atoms with van der Waals surface area (Å²) in [5, 5.41) is 0. The molecule has 0 heterocycles. The fourth-order valence-corrected chi connectivity index (χ4v) is 0. The number of hydrogen-bond acceptors (Lipinski definition) is 0. The van der Waals surface area contributed by atoms with Crippen LogP contribution in [-0.4, -0.2) is 6.35 Å². The molecule has 5 heavy (non-hydrogen) atoms. The zero-order chi connectivity index (χ0) is 4.50. The molecule has 0 N–H and O–H groups in total. The third-order valence-electron chi connectivity index (χ3n) is 0. The van der Waals surface area contributed by atoms with E-state index in [4.69, 9.17) is 0 Å². The van der Waals surface area contributed by atoms with E-state index >= 15 is 0 Å². The van der Waals surface area contributed by atoms with Crippen LogP contribution in [0.3, 0.4) is 0 Å². The quantitative estimate of drug-likeness (QED) is 0.459. The van der Waals surface area contributed by atoms with Gasteiger partial charge in [0.25, 0.3) is 0 Å². The fraction of sp³-hybridized carbons (Fsp3) is 1.00. The zero-order valence-electron chi connectivity index (χ0n) is 3.16. The maximum atomic E-state index is 2.52. The molecular weight excluding hydrogens is 357 g/mol. The minimum atomic E-state index is -0.810. The predicted octanol–water partition coefficient (Wildman–Crippen LogP) is 2.56. The summed E-state index contributed by atoms with van der Waals surface area (Å²) in [6.45, 7) is 0. The van der Waals surface area contributed by atoms with Crippen molar-refractivity contribution in [2.75, 3.05) is 0 Å². The van der Waals surface area contributed by atoms with Crippen LogP contribution in [0.1, 0.15) is 0 Å². The van der Waals surface area contributed by atoms with Gasteiger partial charge in [-0.25, -0.2) is 0 Å². The van der Waals surface area contributed by atoms with E-state index in [1.54, 1.807) is 0 Å². The molecule has 0 spiro atoms. The molecule has 0 saturated carbocycles. The fourth-order valence-electron chi connectivity index (χ4n) is 0. The Bertz CT molecular complexity index is 23.1. The number of hydrogen-bond donors (Lipinski definition) is 0. The van der Waals surface area contributed by atoms with E-state index in [9.17, 15) is 0 Å². The summed E-state index contributed by atoms with van der Waals surface area (Å²) in [7, 11) is 0. The van der Waals surface area contributed by atoms with E-state index in [2.05, 4.69) is 52.3 Å². The average Bonchev–Trinajstić information content (AvgIpc) is 0.722. The molecule has 0 aromatic carbocycles. The second kappa shape index (κ2) is 2.33. The molecule has 0 aliphatic carbocycles. The zero-order valence-corrected chi connectivity index (χ0v) is 9.19. The second-order valence-corrected chi connectivity index (χ2v) is 37.3. The van der Waals surface area contributed by atoms with Gasteiger partial charge in [0.05, 0.1) is 0 Å². The molecule has 0 bridgehead atoms. The summed E-state index contributed by atoms with van der Waals surface area (Å²) < 4.78 is 0. The second-order valence-electron chi connectivity index (χ2n) is 1.08. The van der Waals surface area contributed by atoms with Crippen molar-refractivity contribution in [1.29, 1.82) is 0 Å². The molecule has 0 atom stereocenters. The monoisotopic (exact) mass is 364 g/mol. The maximum absolute atomic E-state index is 2.52. The summed E-state index contributed by atoms with van der Waals surface area (Å²) >= 11 is 5.04. The molecule has 0 aromatic heterocycles. The third kappa shape index (κ3) is 24.2. The van der Waals surface area contributed by atoms with Crippen LogP contribution in [0.25, 0.3) is 0 Å². The van der Waals surface area contributed by atoms with Crippen LogP contribution in [0.4, 0.5) is 0 Å². The van der Waals surface area contributed by atoms with E-state index in [1.807, 2.05) is 0 Å². The molecule has 0 radical (unpaired) electrons. The van der Waals surface area contributed by atoms with Crippen molar-refractivity contribution in [2.45, 2.75) is 11.6 Å². The molecular formula is C2H6I2Se. The van der Waals surface area contributed by atoms with E-state index < -0.39 is 6.35 Å². The molecule has 0 aliphatic rings. The molecule has 0 rings (SSSR count). The Morgan fingerprint density at radius 1 is 1.20 bits per heavy atom. The van der Waals surface area contributed by atoms with Crippen molar-refractivity contribution in [3.05, 3.63) is 0 Å². The van der Waals surface area contributed by atoms with Gasteiger partial charge in [-0.2, -0.15) is 0 Å². The molecule has 0 nitrogen and oxygen atoms in total. The Balaban J connectivity index is 3.02. The first-order valence-corrected chi connectivity index (χ1v) is 15.0. The van der Waals surface area contributed by atoms with Crippen LogP contribution in [0, 0.1) is 0 Å². The Morgan fingerprint density at radius 2 is 1.20 bits per heavy atom. The van der Waals surface area contributed by atoms with Gasteiger partial charge in [-0.3, -0.25) is 0 Å². The number of rotatable bonds is 0. The summed E-state index contributed by atoms with van der Waals surface area (Å²) in [6.07, 6.45) is -0.810. The van der Waals surface area contributed by atoms with E-state index in [0.29, 0.717) is 0 Å². The van der Waals surface area contributed by atoms with Gasteiger partial charge >= 0.3 is 58.7 Å². The standard InChI is InChI=1S/C2H6I2Se/c1-5(2,3)4/h1-2H3. The Hall–Kier alpha value is 1.98. The molecule has 3 heteroatoms. The molecule has 0 amide bonds. The van der Waals surface area contributed by atoms with Crippen molar-refractivity contribution >= 4 is 47.0 Å². The average molecular weight is 363 g/mol.